The van der Waals surface area contributed by atoms with Gasteiger partial charge in [-0.15, -0.1) is 0 Å². The molecule has 2 saturated heterocycles. The predicted molar refractivity (Wildman–Crippen MR) is 130 cm³/mol. The lowest BCUT2D eigenvalue weighted by Gasteiger charge is -2.36. The fourth-order valence-corrected chi connectivity index (χ4v) is 4.55. The number of hydrogen-bond donors (Lipinski definition) is 0. The van der Waals surface area contributed by atoms with E-state index >= 15 is 0 Å². The first-order valence-electron chi connectivity index (χ1n) is 11.9. The van der Waals surface area contributed by atoms with Crippen LogP contribution in [0.1, 0.15) is 29.5 Å². The Balaban J connectivity index is 1.42. The van der Waals surface area contributed by atoms with E-state index in [0.717, 1.165) is 43.1 Å². The summed E-state index contributed by atoms with van der Waals surface area (Å²) in [5.74, 6) is 1.81. The topological polar surface area (TPSA) is 61.3 Å². The maximum Gasteiger partial charge on any atom is 0.419 e. The number of nitrogens with zero attached hydrogens (tertiary/aromatic N) is 7. The van der Waals surface area contributed by atoms with E-state index < -0.39 is 11.7 Å². The van der Waals surface area contributed by atoms with E-state index in [1.54, 1.807) is 4.90 Å². The molecule has 0 atom stereocenters. The van der Waals surface area contributed by atoms with Crippen LogP contribution in [0.15, 0.2) is 36.5 Å². The average Bonchev–Trinajstić information content (AvgIpc) is 3.40. The fourth-order valence-electron chi connectivity index (χ4n) is 4.55. The molecule has 1 aromatic carbocycles. The summed E-state index contributed by atoms with van der Waals surface area (Å²) < 4.78 is 40.5. The van der Waals surface area contributed by atoms with E-state index in [2.05, 4.69) is 35.9 Å². The van der Waals surface area contributed by atoms with Gasteiger partial charge in [0.25, 0.3) is 0 Å². The Morgan fingerprint density at radius 1 is 0.743 bits per heavy atom. The molecule has 0 spiro atoms. The van der Waals surface area contributed by atoms with Gasteiger partial charge in [0.15, 0.2) is 5.82 Å². The molecule has 184 valence electrons. The number of piperazine rings is 1. The molecular formula is C25H28F3N7. The molecule has 0 unspecified atom stereocenters. The molecule has 7 nitrogen and oxygen atoms in total. The largest absolute Gasteiger partial charge is 0.419 e. The van der Waals surface area contributed by atoms with Crippen molar-refractivity contribution in [3.63, 3.8) is 0 Å². The highest BCUT2D eigenvalue weighted by molar-refractivity contribution is 5.61. The molecule has 10 heteroatoms. The number of hydrogen-bond acceptors (Lipinski definition) is 7. The van der Waals surface area contributed by atoms with Gasteiger partial charge in [0.1, 0.15) is 5.82 Å². The van der Waals surface area contributed by atoms with E-state index in [-0.39, 0.29) is 5.82 Å². The van der Waals surface area contributed by atoms with Gasteiger partial charge in [-0.3, -0.25) is 0 Å². The van der Waals surface area contributed by atoms with Gasteiger partial charge in [0, 0.05) is 51.0 Å². The number of rotatable bonds is 4. The quantitative estimate of drug-likeness (QED) is 0.542. The smallest absolute Gasteiger partial charge is 0.353 e. The molecule has 4 heterocycles. The molecule has 2 fully saturated rings. The van der Waals surface area contributed by atoms with Gasteiger partial charge >= 0.3 is 6.18 Å². The number of anilines is 3. The Bertz CT molecular complexity index is 1200. The van der Waals surface area contributed by atoms with Gasteiger partial charge in [-0.05, 0) is 56.0 Å². The zero-order valence-corrected chi connectivity index (χ0v) is 19.9. The lowest BCUT2D eigenvalue weighted by Crippen LogP contribution is -2.48. The Hall–Kier alpha value is -3.43. The molecule has 2 aliphatic heterocycles. The highest BCUT2D eigenvalue weighted by Crippen LogP contribution is 2.35. The SMILES string of the molecule is Cc1ccc(-c2nc(N3CCCC3)nc(N3CCN(c4ncccc4C(F)(F)F)CC3)n2)cc1C. The van der Waals surface area contributed by atoms with Crippen molar-refractivity contribution in [1.82, 2.24) is 19.9 Å². The third kappa shape index (κ3) is 4.87. The molecule has 0 N–H and O–H groups in total. The highest BCUT2D eigenvalue weighted by Gasteiger charge is 2.36. The summed E-state index contributed by atoms with van der Waals surface area (Å²) in [6, 6.07) is 8.57. The van der Waals surface area contributed by atoms with E-state index in [4.69, 9.17) is 15.0 Å². The first kappa shape index (κ1) is 23.3. The van der Waals surface area contributed by atoms with E-state index in [1.807, 2.05) is 11.0 Å². The molecule has 0 saturated carbocycles. The van der Waals surface area contributed by atoms with Crippen LogP contribution in [0.5, 0.6) is 0 Å². The van der Waals surface area contributed by atoms with Gasteiger partial charge in [0.05, 0.1) is 5.56 Å². The highest BCUT2D eigenvalue weighted by atomic mass is 19.4. The fraction of sp³-hybridized carbons (Fsp3) is 0.440. The number of pyridine rings is 1. The van der Waals surface area contributed by atoms with Crippen molar-refractivity contribution in [3.8, 4) is 11.4 Å². The second kappa shape index (κ2) is 9.31. The van der Waals surface area contributed by atoms with Crippen LogP contribution in [0.25, 0.3) is 11.4 Å². The van der Waals surface area contributed by atoms with Crippen molar-refractivity contribution >= 4 is 17.7 Å². The van der Waals surface area contributed by atoms with Gasteiger partial charge in [-0.1, -0.05) is 12.1 Å². The van der Waals surface area contributed by atoms with Crippen molar-refractivity contribution in [2.75, 3.05) is 54.0 Å². The van der Waals surface area contributed by atoms with Crippen LogP contribution in [-0.4, -0.2) is 59.2 Å². The summed E-state index contributed by atoms with van der Waals surface area (Å²) in [6.07, 6.45) is -0.837. The predicted octanol–water partition coefficient (Wildman–Crippen LogP) is 4.50. The van der Waals surface area contributed by atoms with Crippen LogP contribution < -0.4 is 14.7 Å². The Morgan fingerprint density at radius 2 is 1.37 bits per heavy atom. The lowest BCUT2D eigenvalue weighted by molar-refractivity contribution is -0.137. The summed E-state index contributed by atoms with van der Waals surface area (Å²) >= 11 is 0. The molecule has 3 aromatic rings. The standard InChI is InChI=1S/C25H28F3N7/c1-17-7-8-19(16-18(17)2)21-30-23(34-10-3-4-11-34)32-24(31-21)35-14-12-33(13-15-35)22-20(25(26,27)28)6-5-9-29-22/h5-9,16H,3-4,10-15H2,1-2H3. The molecule has 35 heavy (non-hydrogen) atoms. The minimum Gasteiger partial charge on any atom is -0.353 e. The van der Waals surface area contributed by atoms with Gasteiger partial charge in [-0.25, -0.2) is 4.98 Å². The van der Waals surface area contributed by atoms with Crippen LogP contribution in [0.4, 0.5) is 30.9 Å². The molecule has 2 aliphatic rings. The lowest BCUT2D eigenvalue weighted by atomic mass is 10.1. The summed E-state index contributed by atoms with van der Waals surface area (Å²) in [6.45, 7) is 7.71. The minimum absolute atomic E-state index is 0.0242. The monoisotopic (exact) mass is 483 g/mol. The zero-order chi connectivity index (χ0) is 24.6. The van der Waals surface area contributed by atoms with Crippen LogP contribution in [0.2, 0.25) is 0 Å². The summed E-state index contributed by atoms with van der Waals surface area (Å²) in [5.41, 5.74) is 2.59. The van der Waals surface area contributed by atoms with Crippen LogP contribution >= 0.6 is 0 Å². The van der Waals surface area contributed by atoms with E-state index in [1.165, 1.54) is 17.8 Å². The molecule has 0 amide bonds. The van der Waals surface area contributed by atoms with Gasteiger partial charge in [0.2, 0.25) is 11.9 Å². The number of aromatic nitrogens is 4. The van der Waals surface area contributed by atoms with Crippen LogP contribution in [0, 0.1) is 13.8 Å². The van der Waals surface area contributed by atoms with Gasteiger partial charge in [-0.2, -0.15) is 28.1 Å². The maximum atomic E-state index is 13.5. The van der Waals surface area contributed by atoms with Crippen LogP contribution in [-0.2, 0) is 6.18 Å². The average molecular weight is 484 g/mol. The molecule has 2 aromatic heterocycles. The molecule has 0 bridgehead atoms. The first-order chi connectivity index (χ1) is 16.8. The summed E-state index contributed by atoms with van der Waals surface area (Å²) in [7, 11) is 0. The Morgan fingerprint density at radius 3 is 2.00 bits per heavy atom. The molecular weight excluding hydrogens is 455 g/mol. The third-order valence-electron chi connectivity index (χ3n) is 6.72. The van der Waals surface area contributed by atoms with E-state index in [0.29, 0.717) is 43.9 Å². The number of alkyl halides is 3. The second-order valence-electron chi connectivity index (χ2n) is 9.10. The zero-order valence-electron chi connectivity index (χ0n) is 19.9. The number of aryl methyl sites for hydroxylation is 2. The van der Waals surface area contributed by atoms with Crippen LogP contribution in [0.3, 0.4) is 0 Å². The minimum atomic E-state index is -4.44. The Kier molecular flexibility index (Phi) is 6.21. The maximum absolute atomic E-state index is 13.5. The normalized spacial score (nSPS) is 16.8. The Labute approximate surface area is 202 Å². The summed E-state index contributed by atoms with van der Waals surface area (Å²) in [4.78, 5) is 24.3. The van der Waals surface area contributed by atoms with Gasteiger partial charge < -0.3 is 14.7 Å². The van der Waals surface area contributed by atoms with Crippen molar-refractivity contribution in [2.45, 2.75) is 32.9 Å². The second-order valence-corrected chi connectivity index (χ2v) is 9.10. The van der Waals surface area contributed by atoms with Crippen molar-refractivity contribution in [3.05, 3.63) is 53.2 Å². The first-order valence-corrected chi connectivity index (χ1v) is 11.9. The number of halogens is 3. The molecule has 0 radical (unpaired) electrons. The summed E-state index contributed by atoms with van der Waals surface area (Å²) in [5, 5.41) is 0. The molecule has 0 aliphatic carbocycles. The van der Waals surface area contributed by atoms with Crippen molar-refractivity contribution < 1.29 is 13.2 Å². The number of benzene rings is 1. The third-order valence-corrected chi connectivity index (χ3v) is 6.72. The van der Waals surface area contributed by atoms with E-state index in [9.17, 15) is 13.2 Å². The van der Waals surface area contributed by atoms with Crippen molar-refractivity contribution in [1.29, 1.82) is 0 Å². The molecule has 5 rings (SSSR count). The van der Waals surface area contributed by atoms with Crippen molar-refractivity contribution in [2.24, 2.45) is 0 Å².